The molecule has 242 valence electrons. The third kappa shape index (κ3) is 6.82. The summed E-state index contributed by atoms with van der Waals surface area (Å²) in [4.78, 5) is 65.3. The maximum atomic E-state index is 11.5. The number of nitrogens with two attached hydrogens (primary N) is 2. The molecule has 2 fully saturated rings. The van der Waals surface area contributed by atoms with Gasteiger partial charge in [0.25, 0.3) is 0 Å². The minimum absolute atomic E-state index is 0.0658. The van der Waals surface area contributed by atoms with E-state index in [2.05, 4.69) is 19.3 Å². The number of allylic oxidation sites excluding steroid dienone is 1. The Bertz CT molecular complexity index is 1430. The van der Waals surface area contributed by atoms with E-state index in [1.54, 1.807) is 6.08 Å². The summed E-state index contributed by atoms with van der Waals surface area (Å²) < 4.78 is 26.6. The molecule has 1 amide bonds. The molecular weight excluding hydrogens is 636 g/mol. The smallest absolute Gasteiger partial charge is 0.387 e. The molecule has 0 aromatic carbocycles. The van der Waals surface area contributed by atoms with Crippen LogP contribution in [0.3, 0.4) is 0 Å². The predicted molar refractivity (Wildman–Crippen MR) is 145 cm³/mol. The summed E-state index contributed by atoms with van der Waals surface area (Å²) in [5.41, 5.74) is 11.7. The van der Waals surface area contributed by atoms with Crippen LogP contribution in [-0.2, 0) is 27.6 Å². The van der Waals surface area contributed by atoms with E-state index in [1.165, 1.54) is 28.2 Å². The molecule has 8 atom stereocenters. The van der Waals surface area contributed by atoms with E-state index in [9.17, 15) is 44.8 Å². The summed E-state index contributed by atoms with van der Waals surface area (Å²) in [5, 5.41) is 41.8. The van der Waals surface area contributed by atoms with E-state index in [-0.39, 0.29) is 29.0 Å². The third-order valence-electron chi connectivity index (χ3n) is 6.89. The first-order chi connectivity index (χ1) is 20.7. The fourth-order valence-corrected chi connectivity index (χ4v) is 6.86. The number of nitrogen functional groups attached to an aromatic ring is 1. The standard InChI is InChI=1S/C21H30N7O14P2/c22-17-12-19(25-7-24-17)28(8-26-12)21-16(32)14(30)11(41-21)6-39-44(36,37)42-43(34,35)38-5-10-13(29)15(31)20(40-10)27-3-1-2-9(4-27)18(23)33/h1,3-4,7-8,10-11,13-16,20-21,29-32,34-37H,2,5-6H2,(H3-,22,23,24,25,33)/q+1/p+1/t10-,11-,13-,14-,15-,16-,20+,21-/m1/s1. The number of aliphatic hydroxyl groups is 4. The fraction of sp³-hybridized carbons (Fsp3) is 0.524. The summed E-state index contributed by atoms with van der Waals surface area (Å²) in [5.74, 6) is -0.629. The van der Waals surface area contributed by atoms with Crippen LogP contribution in [0.15, 0.2) is 36.7 Å². The highest BCUT2D eigenvalue weighted by atomic mass is 31.3. The molecule has 0 unspecified atom stereocenters. The number of rotatable bonds is 11. The molecule has 5 rings (SSSR count). The quantitative estimate of drug-likeness (QED) is 0.104. The van der Waals surface area contributed by atoms with Gasteiger partial charge in [-0.2, -0.15) is 19.6 Å². The molecule has 2 saturated heterocycles. The molecule has 23 heteroatoms. The predicted octanol–water partition coefficient (Wildman–Crippen LogP) is -3.56. The highest BCUT2D eigenvalue weighted by Gasteiger charge is 2.62. The zero-order valence-corrected chi connectivity index (χ0v) is 24.2. The highest BCUT2D eigenvalue weighted by molar-refractivity contribution is 7.68. The zero-order chi connectivity index (χ0) is 32.0. The van der Waals surface area contributed by atoms with Gasteiger partial charge in [-0.1, -0.05) is 6.08 Å². The number of primary amides is 1. The maximum Gasteiger partial charge on any atom is 0.620 e. The second kappa shape index (κ2) is 12.7. The number of carbonyl (C=O) groups excluding carboxylic acids is 1. The number of imidazole rings is 1. The van der Waals surface area contributed by atoms with Gasteiger partial charge in [0.15, 0.2) is 23.9 Å². The molecule has 0 radical (unpaired) electrons. The van der Waals surface area contributed by atoms with Crippen molar-refractivity contribution in [3.63, 3.8) is 0 Å². The van der Waals surface area contributed by atoms with Gasteiger partial charge < -0.3 is 46.3 Å². The van der Waals surface area contributed by atoms with Gasteiger partial charge in [0, 0.05) is 18.0 Å². The number of nitrogens with zero attached hydrogens (tertiary/aromatic N) is 5. The Hall–Kier alpha value is -2.56. The lowest BCUT2D eigenvalue weighted by atomic mass is 10.1. The Morgan fingerprint density at radius 3 is 2.14 bits per heavy atom. The number of aliphatic hydroxyl groups excluding tert-OH is 4. The van der Waals surface area contributed by atoms with Gasteiger partial charge in [0.05, 0.1) is 10.6 Å². The molecule has 3 aliphatic heterocycles. The van der Waals surface area contributed by atoms with Gasteiger partial charge in [-0.25, -0.2) is 15.0 Å². The van der Waals surface area contributed by atoms with Crippen LogP contribution in [0.2, 0.25) is 0 Å². The molecule has 0 aliphatic carbocycles. The number of hydrogen-bond acceptors (Lipinski definition) is 19. The number of hydrogen-bond donors (Lipinski definition) is 10. The van der Waals surface area contributed by atoms with Crippen molar-refractivity contribution in [3.05, 3.63) is 36.7 Å². The van der Waals surface area contributed by atoms with Crippen LogP contribution in [0.25, 0.3) is 11.2 Å². The molecule has 2 aromatic heterocycles. The van der Waals surface area contributed by atoms with Gasteiger partial charge in [-0.15, -0.1) is 9.05 Å². The lowest BCUT2D eigenvalue weighted by Gasteiger charge is -2.28. The average molecular weight is 667 g/mol. The second-order valence-electron chi connectivity index (χ2n) is 9.88. The molecule has 0 bridgehead atoms. The van der Waals surface area contributed by atoms with E-state index in [1.807, 2.05) is 0 Å². The lowest BCUT2D eigenvalue weighted by molar-refractivity contribution is -0.115. The minimum Gasteiger partial charge on any atom is -0.387 e. The van der Waals surface area contributed by atoms with Crippen molar-refractivity contribution < 1.29 is 67.6 Å². The molecule has 0 saturated carbocycles. The van der Waals surface area contributed by atoms with Crippen molar-refractivity contribution >= 4 is 39.2 Å². The monoisotopic (exact) mass is 667 g/mol. The summed E-state index contributed by atoms with van der Waals surface area (Å²) in [6.45, 7) is -1.60. The van der Waals surface area contributed by atoms with Crippen LogP contribution in [0.5, 0.6) is 0 Å². The number of aromatic nitrogens is 4. The molecule has 2 aromatic rings. The molecule has 5 heterocycles. The molecule has 44 heavy (non-hydrogen) atoms. The Balaban J connectivity index is 1.14. The van der Waals surface area contributed by atoms with E-state index < -0.39 is 84.5 Å². The third-order valence-corrected chi connectivity index (χ3v) is 9.57. The molecule has 3 aliphatic rings. The molecule has 12 N–H and O–H groups in total. The Morgan fingerprint density at radius 2 is 1.52 bits per heavy atom. The lowest BCUT2D eigenvalue weighted by Crippen LogP contribution is -2.40. The van der Waals surface area contributed by atoms with Gasteiger partial charge in [-0.05, 0) is 6.42 Å². The number of fused-ring (bicyclic) bond motifs is 1. The molecule has 0 spiro atoms. The second-order valence-corrected chi connectivity index (χ2v) is 13.0. The van der Waals surface area contributed by atoms with Crippen molar-refractivity contribution in [2.24, 2.45) is 5.73 Å². The van der Waals surface area contributed by atoms with Crippen molar-refractivity contribution in [3.8, 4) is 0 Å². The van der Waals surface area contributed by atoms with Gasteiger partial charge in [0.1, 0.15) is 61.7 Å². The van der Waals surface area contributed by atoms with Crippen LogP contribution in [0.1, 0.15) is 12.6 Å². The number of amides is 1. The van der Waals surface area contributed by atoms with Crippen LogP contribution < -0.4 is 11.5 Å². The van der Waals surface area contributed by atoms with E-state index in [4.69, 9.17) is 30.0 Å². The van der Waals surface area contributed by atoms with Crippen LogP contribution in [0.4, 0.5) is 5.82 Å². The maximum absolute atomic E-state index is 11.5. The first-order valence-electron chi connectivity index (χ1n) is 12.8. The van der Waals surface area contributed by atoms with Crippen molar-refractivity contribution in [2.75, 3.05) is 18.9 Å². The van der Waals surface area contributed by atoms with Gasteiger partial charge >= 0.3 is 16.3 Å². The molecular formula is C21H31N7O14P2+2. The fourth-order valence-electron chi connectivity index (χ4n) is 4.69. The Kier molecular flexibility index (Phi) is 9.46. The minimum atomic E-state index is -5.05. The summed E-state index contributed by atoms with van der Waals surface area (Å²) in [6.07, 6.45) is -4.43. The van der Waals surface area contributed by atoms with Crippen LogP contribution in [0, 0.1) is 0 Å². The number of carbonyl (C=O) groups is 1. The topological polar surface area (TPSA) is 324 Å². The first-order valence-corrected chi connectivity index (χ1v) is 15.8. The SMILES string of the molecule is NC(=O)C1=CN([C@H]2O[C@H](CO[P+](O)(O)O[P+](O)(O)OC[C@H]3O[C@@H](n4cnc5c(N)ncnc54)[C@H](O)[C@@H]3O)[C@@H](O)[C@H]2O)C=CC1. The summed E-state index contributed by atoms with van der Waals surface area (Å²) in [7, 11) is -10.1. The van der Waals surface area contributed by atoms with Crippen LogP contribution in [-0.4, -0.2) is 126 Å². The van der Waals surface area contributed by atoms with Crippen molar-refractivity contribution in [1.29, 1.82) is 0 Å². The molecule has 21 nitrogen and oxygen atoms in total. The van der Waals surface area contributed by atoms with Crippen molar-refractivity contribution in [1.82, 2.24) is 24.4 Å². The normalized spacial score (nSPS) is 31.2. The van der Waals surface area contributed by atoms with Gasteiger partial charge in [-0.3, -0.25) is 9.36 Å². The van der Waals surface area contributed by atoms with E-state index in [0.717, 1.165) is 6.33 Å². The number of anilines is 1. The van der Waals surface area contributed by atoms with E-state index in [0.29, 0.717) is 0 Å². The Morgan fingerprint density at radius 1 is 0.932 bits per heavy atom. The zero-order valence-electron chi connectivity index (χ0n) is 22.4. The Labute approximate surface area is 248 Å². The summed E-state index contributed by atoms with van der Waals surface area (Å²) in [6, 6.07) is 0. The first kappa shape index (κ1) is 32.8. The van der Waals surface area contributed by atoms with Crippen LogP contribution >= 0.6 is 16.3 Å². The van der Waals surface area contributed by atoms with Gasteiger partial charge in [0.2, 0.25) is 5.91 Å². The largest absolute Gasteiger partial charge is 0.620 e. The number of ether oxygens (including phenoxy) is 2. The van der Waals surface area contributed by atoms with Crippen molar-refractivity contribution in [2.45, 2.75) is 55.5 Å². The highest BCUT2D eigenvalue weighted by Crippen LogP contribution is 2.70. The van der Waals surface area contributed by atoms with E-state index >= 15 is 0 Å². The average Bonchev–Trinajstić information content (AvgIpc) is 3.61. The summed E-state index contributed by atoms with van der Waals surface area (Å²) >= 11 is 0.